The molecule has 0 N–H and O–H groups in total. The van der Waals surface area contributed by atoms with E-state index in [-0.39, 0.29) is 24.0 Å². The number of esters is 1. The quantitative estimate of drug-likeness (QED) is 0.317. The number of methoxy groups -OCH3 is 1. The maximum Gasteiger partial charge on any atom is 0.309 e. The first-order chi connectivity index (χ1) is 17.1. The Morgan fingerprint density at radius 3 is 2.77 bits per heavy atom. The number of ether oxygens (including phenoxy) is 2. The van der Waals surface area contributed by atoms with E-state index >= 15 is 0 Å². The third kappa shape index (κ3) is 4.83. The van der Waals surface area contributed by atoms with Crippen LogP contribution in [-0.2, 0) is 16.0 Å². The van der Waals surface area contributed by atoms with E-state index in [0.717, 1.165) is 47.3 Å². The number of rotatable bonds is 8. The van der Waals surface area contributed by atoms with Gasteiger partial charge in [-0.3, -0.25) is 14.7 Å². The summed E-state index contributed by atoms with van der Waals surface area (Å²) in [6, 6.07) is 18.2. The second-order valence-electron chi connectivity index (χ2n) is 9.98. The number of piperidine rings is 3. The molecular weight excluding hydrogens is 436 g/mol. The van der Waals surface area contributed by atoms with Crippen LogP contribution in [0.1, 0.15) is 37.0 Å². The second kappa shape index (κ2) is 10.2. The molecule has 2 bridgehead atoms. The van der Waals surface area contributed by atoms with Crippen LogP contribution in [0.5, 0.6) is 5.75 Å². The Balaban J connectivity index is 1.49. The molecule has 0 amide bonds. The fourth-order valence-corrected chi connectivity index (χ4v) is 5.86. The number of benzene rings is 2. The van der Waals surface area contributed by atoms with E-state index in [1.165, 1.54) is 6.42 Å². The number of pyridine rings is 1. The number of hydrogen-bond acceptors (Lipinski definition) is 5. The number of carbonyl (C=O) groups excluding carboxylic acids is 1. The fourth-order valence-electron chi connectivity index (χ4n) is 5.86. The summed E-state index contributed by atoms with van der Waals surface area (Å²) in [5, 5.41) is 0.975. The summed E-state index contributed by atoms with van der Waals surface area (Å²) in [5.74, 6) is 1.45. The lowest BCUT2D eigenvalue weighted by atomic mass is 9.73. The van der Waals surface area contributed by atoms with Crippen molar-refractivity contribution in [1.82, 2.24) is 9.88 Å². The van der Waals surface area contributed by atoms with Gasteiger partial charge in [0.05, 0.1) is 24.6 Å². The monoisotopic (exact) mass is 470 g/mol. The first-order valence-electron chi connectivity index (χ1n) is 12.6. The van der Waals surface area contributed by atoms with Gasteiger partial charge in [0.1, 0.15) is 11.9 Å². The molecule has 2 aromatic carbocycles. The molecule has 35 heavy (non-hydrogen) atoms. The van der Waals surface area contributed by atoms with Crippen LogP contribution in [0.15, 0.2) is 73.4 Å². The molecule has 5 nitrogen and oxygen atoms in total. The highest BCUT2D eigenvalue weighted by molar-refractivity contribution is 5.84. The average Bonchev–Trinajstić information content (AvgIpc) is 2.91. The minimum absolute atomic E-state index is 0.134. The molecule has 3 saturated heterocycles. The highest BCUT2D eigenvalue weighted by atomic mass is 16.5. The van der Waals surface area contributed by atoms with Gasteiger partial charge in [-0.05, 0) is 67.5 Å². The zero-order chi connectivity index (χ0) is 24.4. The van der Waals surface area contributed by atoms with E-state index < -0.39 is 0 Å². The van der Waals surface area contributed by atoms with Crippen LogP contribution < -0.4 is 4.74 Å². The van der Waals surface area contributed by atoms with Gasteiger partial charge >= 0.3 is 5.97 Å². The van der Waals surface area contributed by atoms with Crippen LogP contribution in [-0.4, -0.2) is 42.1 Å². The van der Waals surface area contributed by atoms with Crippen LogP contribution in [0.2, 0.25) is 0 Å². The van der Waals surface area contributed by atoms with Gasteiger partial charge in [-0.1, -0.05) is 43.3 Å². The molecule has 0 aliphatic carbocycles. The first-order valence-corrected chi connectivity index (χ1v) is 12.6. The number of hydrogen-bond donors (Lipinski definition) is 0. The van der Waals surface area contributed by atoms with Gasteiger partial charge in [-0.15, -0.1) is 6.58 Å². The highest BCUT2D eigenvalue weighted by Gasteiger charge is 2.44. The van der Waals surface area contributed by atoms with E-state index in [1.807, 2.05) is 55.6 Å². The van der Waals surface area contributed by atoms with Gasteiger partial charge in [-0.2, -0.15) is 0 Å². The second-order valence-corrected chi connectivity index (χ2v) is 9.98. The standard InChI is InChI=1S/C30H34N2O3/c1-4-22-19-32-15-13-23(22)17-28(32)29(35-30(33)20(2)16-21-8-6-5-7-9-21)25-12-14-31-27-11-10-24(34-3)18-26(25)27/h4-12,14,18,20,22-23,28-29H,1,13,15-17,19H2,2-3H3/t20-,22-,23-,28-,29+/m0/s1. The van der Waals surface area contributed by atoms with Crippen molar-refractivity contribution in [2.75, 3.05) is 20.2 Å². The summed E-state index contributed by atoms with van der Waals surface area (Å²) in [6.07, 6.45) is 6.38. The topological polar surface area (TPSA) is 51.7 Å². The van der Waals surface area contributed by atoms with Crippen molar-refractivity contribution in [3.63, 3.8) is 0 Å². The van der Waals surface area contributed by atoms with Gasteiger partial charge < -0.3 is 9.47 Å². The van der Waals surface area contributed by atoms with Crippen molar-refractivity contribution in [1.29, 1.82) is 0 Å². The zero-order valence-corrected chi connectivity index (χ0v) is 20.6. The molecule has 5 heteroatoms. The zero-order valence-electron chi connectivity index (χ0n) is 20.6. The third-order valence-electron chi connectivity index (χ3n) is 7.82. The van der Waals surface area contributed by atoms with E-state index in [9.17, 15) is 4.79 Å². The van der Waals surface area contributed by atoms with Gasteiger partial charge in [0.2, 0.25) is 0 Å². The van der Waals surface area contributed by atoms with E-state index in [4.69, 9.17) is 9.47 Å². The lowest BCUT2D eigenvalue weighted by Crippen LogP contribution is -2.55. The maximum absolute atomic E-state index is 13.5. The molecule has 0 radical (unpaired) electrons. The average molecular weight is 471 g/mol. The van der Waals surface area contributed by atoms with Crippen LogP contribution >= 0.6 is 0 Å². The van der Waals surface area contributed by atoms with Crippen molar-refractivity contribution in [3.8, 4) is 5.75 Å². The molecule has 4 heterocycles. The largest absolute Gasteiger partial charge is 0.497 e. The number of aromatic nitrogens is 1. The minimum Gasteiger partial charge on any atom is -0.497 e. The molecule has 0 spiro atoms. The summed E-state index contributed by atoms with van der Waals surface area (Å²) < 4.78 is 11.9. The summed E-state index contributed by atoms with van der Waals surface area (Å²) in [5.41, 5.74) is 3.02. The predicted molar refractivity (Wildman–Crippen MR) is 138 cm³/mol. The lowest BCUT2D eigenvalue weighted by molar-refractivity contribution is -0.161. The Hall–Kier alpha value is -3.18. The van der Waals surface area contributed by atoms with Crippen LogP contribution in [0.25, 0.3) is 10.9 Å². The first kappa shape index (κ1) is 23.6. The summed E-state index contributed by atoms with van der Waals surface area (Å²) >= 11 is 0. The molecule has 3 aliphatic heterocycles. The van der Waals surface area contributed by atoms with E-state index in [0.29, 0.717) is 18.3 Å². The Kier molecular flexibility index (Phi) is 6.87. The highest BCUT2D eigenvalue weighted by Crippen LogP contribution is 2.44. The number of carbonyl (C=O) groups is 1. The van der Waals surface area contributed by atoms with Gasteiger partial charge in [0.15, 0.2) is 0 Å². The maximum atomic E-state index is 13.5. The van der Waals surface area contributed by atoms with Crippen molar-refractivity contribution >= 4 is 16.9 Å². The molecule has 6 rings (SSSR count). The van der Waals surface area contributed by atoms with E-state index in [1.54, 1.807) is 7.11 Å². The van der Waals surface area contributed by atoms with Crippen LogP contribution in [0.3, 0.4) is 0 Å². The van der Waals surface area contributed by atoms with E-state index in [2.05, 4.69) is 34.7 Å². The van der Waals surface area contributed by atoms with Crippen LogP contribution in [0, 0.1) is 17.8 Å². The van der Waals surface area contributed by atoms with Gasteiger partial charge in [0.25, 0.3) is 0 Å². The summed E-state index contributed by atoms with van der Waals surface area (Å²) in [4.78, 5) is 20.5. The number of fused-ring (bicyclic) bond motifs is 4. The van der Waals surface area contributed by atoms with Crippen molar-refractivity contribution in [2.24, 2.45) is 17.8 Å². The van der Waals surface area contributed by atoms with Crippen molar-refractivity contribution in [2.45, 2.75) is 38.3 Å². The summed E-state index contributed by atoms with van der Waals surface area (Å²) in [6.45, 7) is 8.03. The van der Waals surface area contributed by atoms with Gasteiger partial charge in [-0.25, -0.2) is 0 Å². The minimum atomic E-state index is -0.369. The lowest BCUT2D eigenvalue weighted by Gasteiger charge is -2.51. The molecule has 6 atom stereocenters. The predicted octanol–water partition coefficient (Wildman–Crippen LogP) is 5.60. The van der Waals surface area contributed by atoms with Crippen LogP contribution in [0.4, 0.5) is 0 Å². The number of nitrogens with zero attached hydrogens (tertiary/aromatic N) is 2. The smallest absolute Gasteiger partial charge is 0.309 e. The summed E-state index contributed by atoms with van der Waals surface area (Å²) in [7, 11) is 1.67. The Morgan fingerprint density at radius 1 is 1.23 bits per heavy atom. The molecule has 3 aliphatic rings. The molecule has 1 unspecified atom stereocenters. The van der Waals surface area contributed by atoms with Gasteiger partial charge in [0, 0.05) is 23.7 Å². The van der Waals surface area contributed by atoms with Crippen molar-refractivity contribution < 1.29 is 14.3 Å². The SMILES string of the molecule is C=C[C@H]1CN2CC[C@H]1C[C@H]2[C@H](OC(=O)[C@@H](C)Cc1ccccc1)c1ccnc2ccc(OC)cc12. The van der Waals surface area contributed by atoms with Crippen molar-refractivity contribution in [3.05, 3.63) is 84.6 Å². The molecule has 1 aromatic heterocycles. The molecular formula is C30H34N2O3. The fraction of sp³-hybridized carbons (Fsp3) is 0.400. The molecule has 3 aromatic rings. The Labute approximate surface area is 207 Å². The Bertz CT molecular complexity index is 1190. The third-order valence-corrected chi connectivity index (χ3v) is 7.82. The normalized spacial score (nSPS) is 25.1. The molecule has 3 fully saturated rings. The Morgan fingerprint density at radius 2 is 2.06 bits per heavy atom. The molecule has 182 valence electrons. The molecule has 0 saturated carbocycles.